The van der Waals surface area contributed by atoms with Gasteiger partial charge in [0.1, 0.15) is 47.2 Å². The Hall–Kier alpha value is -5.44. The number of benzene rings is 2. The highest BCUT2D eigenvalue weighted by atomic mass is 16.7. The summed E-state index contributed by atoms with van der Waals surface area (Å²) >= 11 is 0. The van der Waals surface area contributed by atoms with Crippen LogP contribution in [0.15, 0.2) is 51.9 Å². The molecule has 0 unspecified atom stereocenters. The van der Waals surface area contributed by atoms with Gasteiger partial charge in [-0.2, -0.15) is 0 Å². The zero-order valence-electron chi connectivity index (χ0n) is 26.3. The van der Waals surface area contributed by atoms with Gasteiger partial charge in [-0.05, 0) is 17.7 Å². The lowest BCUT2D eigenvalue weighted by Crippen LogP contribution is -2.63. The molecule has 1 aliphatic rings. The fourth-order valence-corrected chi connectivity index (χ4v) is 4.88. The van der Waals surface area contributed by atoms with Crippen LogP contribution in [0.25, 0.3) is 22.1 Å². The molecule has 0 aliphatic carbocycles. The number of carbonyl (C=O) groups excluding carboxylic acids is 5. The number of esters is 5. The fraction of sp³-hybridized carbons (Fsp3) is 0.375. The van der Waals surface area contributed by atoms with Crippen molar-refractivity contribution in [1.29, 1.82) is 0 Å². The number of hydrogen-bond acceptors (Lipinski definition) is 15. The molecule has 1 fully saturated rings. The molecule has 0 N–H and O–H groups in total. The molecule has 0 amide bonds. The van der Waals surface area contributed by atoms with Crippen LogP contribution in [0.3, 0.4) is 0 Å². The van der Waals surface area contributed by atoms with Crippen molar-refractivity contribution in [2.45, 2.75) is 65.3 Å². The van der Waals surface area contributed by atoms with Gasteiger partial charge in [0.25, 0.3) is 0 Å². The summed E-state index contributed by atoms with van der Waals surface area (Å²) in [5, 5.41) is -0.0811. The predicted octanol–water partition coefficient (Wildman–Crippen LogP) is 2.86. The highest BCUT2D eigenvalue weighted by molar-refractivity contribution is 5.90. The molecule has 0 radical (unpaired) electrons. The third kappa shape index (κ3) is 8.43. The van der Waals surface area contributed by atoms with E-state index < -0.39 is 72.6 Å². The summed E-state index contributed by atoms with van der Waals surface area (Å²) in [5.41, 5.74) is 0.105. The number of methoxy groups -OCH3 is 1. The van der Waals surface area contributed by atoms with Gasteiger partial charge in [0.15, 0.2) is 12.2 Å². The Morgan fingerprint density at radius 1 is 0.745 bits per heavy atom. The molecular weight excluding hydrogens is 624 g/mol. The molecule has 1 saturated heterocycles. The molecule has 2 aromatic carbocycles. The minimum Gasteiger partial charge on any atom is -0.497 e. The van der Waals surface area contributed by atoms with Crippen molar-refractivity contribution in [3.05, 3.63) is 52.9 Å². The van der Waals surface area contributed by atoms with E-state index in [1.807, 2.05) is 0 Å². The Morgan fingerprint density at radius 2 is 1.36 bits per heavy atom. The van der Waals surface area contributed by atoms with E-state index in [0.29, 0.717) is 11.3 Å². The largest absolute Gasteiger partial charge is 0.497 e. The Bertz CT molecular complexity index is 1720. The standard InChI is InChI=1S/C32H32O15/c1-15(33)40-14-26-29(43-17(3)35)30(44-18(4)36)31(45-19(5)37)32(47-26)46-22-11-24-27(25(12-22)42-16(2)34)28(38)23(13-41-24)20-7-9-21(39-6)10-8-20/h7-13,26,29-32H,14H2,1-6H3/t26-,29+,30-,31-,32+/m0/s1. The van der Waals surface area contributed by atoms with Gasteiger partial charge in [0.2, 0.25) is 17.8 Å². The second kappa shape index (κ2) is 14.8. The van der Waals surface area contributed by atoms with Crippen LogP contribution in [0, 0.1) is 0 Å². The van der Waals surface area contributed by atoms with Crippen LogP contribution in [0.2, 0.25) is 0 Å². The molecule has 250 valence electrons. The molecule has 4 rings (SSSR count). The monoisotopic (exact) mass is 656 g/mol. The topological polar surface area (TPSA) is 189 Å². The smallest absolute Gasteiger partial charge is 0.308 e. The van der Waals surface area contributed by atoms with Gasteiger partial charge in [-0.15, -0.1) is 0 Å². The van der Waals surface area contributed by atoms with Crippen molar-refractivity contribution >= 4 is 40.8 Å². The Balaban J connectivity index is 1.81. The maximum Gasteiger partial charge on any atom is 0.308 e. The van der Waals surface area contributed by atoms with E-state index in [-0.39, 0.29) is 28.0 Å². The van der Waals surface area contributed by atoms with Crippen LogP contribution in [-0.2, 0) is 47.7 Å². The molecule has 2 heterocycles. The minimum absolute atomic E-state index is 0.0494. The fourth-order valence-electron chi connectivity index (χ4n) is 4.88. The summed E-state index contributed by atoms with van der Waals surface area (Å²) in [6.07, 6.45) is -6.07. The summed E-state index contributed by atoms with van der Waals surface area (Å²) < 4.78 is 49.6. The molecule has 1 aromatic heterocycles. The zero-order valence-corrected chi connectivity index (χ0v) is 26.3. The molecule has 1 aliphatic heterocycles. The number of hydrogen-bond donors (Lipinski definition) is 0. The van der Waals surface area contributed by atoms with Crippen LogP contribution >= 0.6 is 0 Å². The van der Waals surface area contributed by atoms with Crippen LogP contribution in [0.4, 0.5) is 0 Å². The normalized spacial score (nSPS) is 20.4. The van der Waals surface area contributed by atoms with Crippen molar-refractivity contribution in [2.75, 3.05) is 13.7 Å². The first kappa shape index (κ1) is 34.4. The van der Waals surface area contributed by atoms with E-state index in [4.69, 9.17) is 42.3 Å². The van der Waals surface area contributed by atoms with E-state index in [1.165, 1.54) is 25.5 Å². The quantitative estimate of drug-likeness (QED) is 0.176. The summed E-state index contributed by atoms with van der Waals surface area (Å²) in [6, 6.07) is 9.16. The van der Waals surface area contributed by atoms with Crippen LogP contribution in [0.5, 0.6) is 17.2 Å². The summed E-state index contributed by atoms with van der Waals surface area (Å²) in [5.74, 6) is -3.66. The molecule has 15 nitrogen and oxygen atoms in total. The maximum absolute atomic E-state index is 13.7. The molecule has 0 spiro atoms. The van der Waals surface area contributed by atoms with Gasteiger partial charge in [0.05, 0.1) is 12.7 Å². The average Bonchev–Trinajstić information content (AvgIpc) is 2.98. The molecule has 15 heteroatoms. The van der Waals surface area contributed by atoms with Gasteiger partial charge in [-0.3, -0.25) is 28.8 Å². The molecule has 47 heavy (non-hydrogen) atoms. The molecule has 5 atom stereocenters. The number of rotatable bonds is 10. The lowest BCUT2D eigenvalue weighted by atomic mass is 9.98. The van der Waals surface area contributed by atoms with E-state index in [9.17, 15) is 28.8 Å². The highest BCUT2D eigenvalue weighted by Crippen LogP contribution is 2.35. The summed E-state index contributed by atoms with van der Waals surface area (Å²) in [4.78, 5) is 73.7. The molecule has 0 saturated carbocycles. The third-order valence-electron chi connectivity index (χ3n) is 6.67. The molecular formula is C32H32O15. The minimum atomic E-state index is -1.59. The van der Waals surface area contributed by atoms with Crippen LogP contribution in [-0.4, -0.2) is 74.3 Å². The maximum atomic E-state index is 13.7. The Labute approximate surface area is 267 Å². The van der Waals surface area contributed by atoms with Crippen LogP contribution in [0.1, 0.15) is 34.6 Å². The van der Waals surface area contributed by atoms with Gasteiger partial charge in [0, 0.05) is 46.8 Å². The third-order valence-corrected chi connectivity index (χ3v) is 6.67. The number of carbonyl (C=O) groups is 5. The van der Waals surface area contributed by atoms with Gasteiger partial charge in [-0.1, -0.05) is 12.1 Å². The lowest BCUT2D eigenvalue weighted by molar-refractivity contribution is -0.288. The van der Waals surface area contributed by atoms with Crippen LogP contribution < -0.4 is 19.6 Å². The Kier molecular flexibility index (Phi) is 10.8. The van der Waals surface area contributed by atoms with E-state index in [1.54, 1.807) is 24.3 Å². The van der Waals surface area contributed by atoms with Crippen molar-refractivity contribution in [1.82, 2.24) is 0 Å². The summed E-state index contributed by atoms with van der Waals surface area (Å²) in [6.45, 7) is 5.06. The van der Waals surface area contributed by atoms with Crippen molar-refractivity contribution in [2.24, 2.45) is 0 Å². The first-order chi connectivity index (χ1) is 22.3. The predicted molar refractivity (Wildman–Crippen MR) is 158 cm³/mol. The van der Waals surface area contributed by atoms with Crippen molar-refractivity contribution in [3.8, 4) is 28.4 Å². The van der Waals surface area contributed by atoms with E-state index >= 15 is 0 Å². The molecule has 0 bridgehead atoms. The van der Waals surface area contributed by atoms with Gasteiger partial charge in [-0.25, -0.2) is 0 Å². The second-order valence-electron chi connectivity index (χ2n) is 10.3. The van der Waals surface area contributed by atoms with E-state index in [2.05, 4.69) is 0 Å². The van der Waals surface area contributed by atoms with Gasteiger partial charge >= 0.3 is 29.8 Å². The lowest BCUT2D eigenvalue weighted by Gasteiger charge is -2.43. The first-order valence-electron chi connectivity index (χ1n) is 14.2. The Morgan fingerprint density at radius 3 is 1.94 bits per heavy atom. The second-order valence-corrected chi connectivity index (χ2v) is 10.3. The highest BCUT2D eigenvalue weighted by Gasteiger charge is 2.53. The zero-order chi connectivity index (χ0) is 34.4. The SMILES string of the molecule is COc1ccc(-c2coc3cc(O[C@@H]4O[C@@H](COC(C)=O)[C@@H](OC(C)=O)[C@H](OC(C)=O)[C@@H]4OC(C)=O)cc(OC(C)=O)c3c2=O)cc1. The van der Waals surface area contributed by atoms with Gasteiger partial charge < -0.3 is 42.3 Å². The summed E-state index contributed by atoms with van der Waals surface area (Å²) in [7, 11) is 1.51. The average molecular weight is 657 g/mol. The van der Waals surface area contributed by atoms with E-state index in [0.717, 1.165) is 34.6 Å². The van der Waals surface area contributed by atoms with Crippen molar-refractivity contribution < 1.29 is 66.3 Å². The number of ether oxygens (including phenoxy) is 8. The number of fused-ring (bicyclic) bond motifs is 1. The molecule has 3 aromatic rings. The van der Waals surface area contributed by atoms with Crippen molar-refractivity contribution in [3.63, 3.8) is 0 Å². The first-order valence-corrected chi connectivity index (χ1v) is 14.2.